The summed E-state index contributed by atoms with van der Waals surface area (Å²) in [5, 5.41) is 11.6. The van der Waals surface area contributed by atoms with Crippen LogP contribution in [0.3, 0.4) is 0 Å². The monoisotopic (exact) mass is 397 g/mol. The minimum Gasteiger partial charge on any atom is -0.486 e. The van der Waals surface area contributed by atoms with Crippen molar-refractivity contribution in [3.05, 3.63) is 58.1 Å². The maximum Gasteiger partial charge on any atom is 0.293 e. The van der Waals surface area contributed by atoms with E-state index in [4.69, 9.17) is 9.47 Å². The fraction of sp³-hybridized carbons (Fsp3) is 0.381. The lowest BCUT2D eigenvalue weighted by molar-refractivity contribution is -0.384. The molecule has 4 rings (SSSR count). The Kier molecular flexibility index (Phi) is 5.24. The molecule has 8 nitrogen and oxygen atoms in total. The first kappa shape index (κ1) is 19.0. The molecule has 0 aliphatic carbocycles. The lowest BCUT2D eigenvalue weighted by Crippen LogP contribution is -2.41. The van der Waals surface area contributed by atoms with E-state index in [1.165, 1.54) is 11.0 Å². The van der Waals surface area contributed by atoms with Crippen LogP contribution in [0, 0.1) is 10.1 Å². The highest BCUT2D eigenvalue weighted by molar-refractivity contribution is 5.95. The van der Waals surface area contributed by atoms with Crippen molar-refractivity contribution in [1.29, 1.82) is 0 Å². The third kappa shape index (κ3) is 3.96. The first-order valence-corrected chi connectivity index (χ1v) is 9.70. The van der Waals surface area contributed by atoms with Crippen molar-refractivity contribution in [1.82, 2.24) is 4.90 Å². The Morgan fingerprint density at radius 2 is 1.93 bits per heavy atom. The first-order valence-electron chi connectivity index (χ1n) is 9.70. The molecule has 0 spiro atoms. The van der Waals surface area contributed by atoms with Gasteiger partial charge in [0, 0.05) is 31.8 Å². The second kappa shape index (κ2) is 7.98. The van der Waals surface area contributed by atoms with Gasteiger partial charge in [-0.2, -0.15) is 0 Å². The normalized spacial score (nSPS) is 17.8. The molecule has 1 fully saturated rings. The van der Waals surface area contributed by atoms with Gasteiger partial charge in [-0.25, -0.2) is 0 Å². The van der Waals surface area contributed by atoms with E-state index in [9.17, 15) is 14.9 Å². The van der Waals surface area contributed by atoms with Gasteiger partial charge < -0.3 is 19.3 Å². The Morgan fingerprint density at radius 1 is 1.21 bits per heavy atom. The molecule has 2 aliphatic heterocycles. The number of hydrogen-bond acceptors (Lipinski definition) is 6. The maximum absolute atomic E-state index is 12.9. The molecular weight excluding hydrogens is 374 g/mol. The number of hydrogen-bond donors (Lipinski definition) is 0. The number of para-hydroxylation sites is 2. The molecule has 0 aromatic heterocycles. The van der Waals surface area contributed by atoms with Gasteiger partial charge in [0.05, 0.1) is 11.5 Å². The summed E-state index contributed by atoms with van der Waals surface area (Å²) in [4.78, 5) is 27.5. The van der Waals surface area contributed by atoms with Crippen LogP contribution >= 0.6 is 0 Å². The van der Waals surface area contributed by atoms with Gasteiger partial charge in [-0.1, -0.05) is 12.1 Å². The Bertz CT molecular complexity index is 926. The van der Waals surface area contributed by atoms with E-state index >= 15 is 0 Å². The summed E-state index contributed by atoms with van der Waals surface area (Å²) in [5.41, 5.74) is 0.837. The van der Waals surface area contributed by atoms with Crippen molar-refractivity contribution in [2.75, 3.05) is 38.2 Å². The Labute approximate surface area is 168 Å². The van der Waals surface area contributed by atoms with Crippen LogP contribution in [0.5, 0.6) is 11.5 Å². The number of anilines is 1. The Balaban J connectivity index is 1.47. The average molecular weight is 397 g/mol. The number of nitrogens with zero attached hydrogens (tertiary/aromatic N) is 3. The van der Waals surface area contributed by atoms with Gasteiger partial charge in [0.25, 0.3) is 11.6 Å². The zero-order valence-electron chi connectivity index (χ0n) is 16.2. The number of carbonyl (C=O) groups is 1. The lowest BCUT2D eigenvalue weighted by Gasteiger charge is -2.29. The van der Waals surface area contributed by atoms with Crippen LogP contribution < -0.4 is 14.4 Å². The smallest absolute Gasteiger partial charge is 0.293 e. The van der Waals surface area contributed by atoms with Gasteiger partial charge in [-0.05, 0) is 37.1 Å². The second-order valence-electron chi connectivity index (χ2n) is 7.34. The van der Waals surface area contributed by atoms with E-state index in [0.29, 0.717) is 35.9 Å². The summed E-state index contributed by atoms with van der Waals surface area (Å²) in [6.45, 7) is 2.25. The van der Waals surface area contributed by atoms with Gasteiger partial charge in [0.2, 0.25) is 0 Å². The molecule has 1 amide bonds. The summed E-state index contributed by atoms with van der Waals surface area (Å²) in [6, 6.07) is 12.1. The van der Waals surface area contributed by atoms with Crippen LogP contribution in [0.1, 0.15) is 23.2 Å². The highest BCUT2D eigenvalue weighted by Gasteiger charge is 2.27. The summed E-state index contributed by atoms with van der Waals surface area (Å²) in [5.74, 6) is 1.05. The largest absolute Gasteiger partial charge is 0.486 e. The van der Waals surface area contributed by atoms with E-state index in [2.05, 4.69) is 0 Å². The number of rotatable bonds is 5. The molecule has 0 radical (unpaired) electrons. The van der Waals surface area contributed by atoms with Crippen molar-refractivity contribution in [2.24, 2.45) is 0 Å². The molecule has 8 heteroatoms. The van der Waals surface area contributed by atoms with Crippen molar-refractivity contribution >= 4 is 17.3 Å². The van der Waals surface area contributed by atoms with Crippen LogP contribution in [0.25, 0.3) is 0 Å². The molecule has 2 aromatic carbocycles. The second-order valence-corrected chi connectivity index (χ2v) is 7.34. The van der Waals surface area contributed by atoms with E-state index in [-0.39, 0.29) is 17.7 Å². The zero-order valence-corrected chi connectivity index (χ0v) is 16.2. The lowest BCUT2D eigenvalue weighted by atomic mass is 10.1. The first-order chi connectivity index (χ1) is 14.0. The third-order valence-corrected chi connectivity index (χ3v) is 5.26. The predicted octanol–water partition coefficient (Wildman–Crippen LogP) is 3.11. The van der Waals surface area contributed by atoms with Crippen LogP contribution in [0.15, 0.2) is 42.5 Å². The summed E-state index contributed by atoms with van der Waals surface area (Å²) < 4.78 is 11.6. The molecule has 152 valence electrons. The van der Waals surface area contributed by atoms with Gasteiger partial charge in [0.15, 0.2) is 17.6 Å². The fourth-order valence-corrected chi connectivity index (χ4v) is 3.79. The van der Waals surface area contributed by atoms with Gasteiger partial charge in [-0.15, -0.1) is 0 Å². The van der Waals surface area contributed by atoms with Crippen LogP contribution in [-0.2, 0) is 0 Å². The number of carbonyl (C=O) groups excluding carboxylic acids is 1. The number of nitro benzene ring substituents is 1. The molecule has 1 saturated heterocycles. The predicted molar refractivity (Wildman–Crippen MR) is 108 cm³/mol. The molecule has 1 unspecified atom stereocenters. The molecule has 1 atom stereocenters. The van der Waals surface area contributed by atoms with E-state index < -0.39 is 4.92 Å². The fourth-order valence-electron chi connectivity index (χ4n) is 3.79. The molecule has 0 saturated carbocycles. The number of amides is 1. The topological polar surface area (TPSA) is 85.2 Å². The summed E-state index contributed by atoms with van der Waals surface area (Å²) >= 11 is 0. The maximum atomic E-state index is 12.9. The molecule has 0 N–H and O–H groups in total. The summed E-state index contributed by atoms with van der Waals surface area (Å²) in [7, 11) is 1.66. The zero-order chi connectivity index (χ0) is 20.4. The van der Waals surface area contributed by atoms with Crippen molar-refractivity contribution in [3.8, 4) is 11.5 Å². The minimum absolute atomic E-state index is 0.0303. The van der Waals surface area contributed by atoms with Crippen LogP contribution in [-0.4, -0.2) is 55.1 Å². The molecule has 29 heavy (non-hydrogen) atoms. The number of likely N-dealkylation sites (N-methyl/N-ethyl adjacent to an activating group) is 1. The van der Waals surface area contributed by atoms with Crippen molar-refractivity contribution in [3.63, 3.8) is 0 Å². The number of fused-ring (bicyclic) bond motifs is 1. The van der Waals surface area contributed by atoms with Crippen molar-refractivity contribution in [2.45, 2.75) is 18.9 Å². The number of nitro groups is 1. The minimum atomic E-state index is -0.417. The highest BCUT2D eigenvalue weighted by atomic mass is 16.6. The van der Waals surface area contributed by atoms with Gasteiger partial charge in [0.1, 0.15) is 12.3 Å². The quantitative estimate of drug-likeness (QED) is 0.569. The summed E-state index contributed by atoms with van der Waals surface area (Å²) in [6.07, 6.45) is 1.73. The molecular formula is C21H23N3O5. The van der Waals surface area contributed by atoms with E-state index in [0.717, 1.165) is 25.9 Å². The standard InChI is InChI=1S/C21H23N3O5/c1-22(13-16-14-28-19-6-2-3-7-20(19)29-16)21(25)15-8-9-17(18(12-15)24(26)27)23-10-4-5-11-23/h2-3,6-9,12,16H,4-5,10-11,13-14H2,1H3. The number of ether oxygens (including phenoxy) is 2. The van der Waals surface area contributed by atoms with Crippen LogP contribution in [0.4, 0.5) is 11.4 Å². The van der Waals surface area contributed by atoms with Crippen LogP contribution in [0.2, 0.25) is 0 Å². The Hall–Kier alpha value is -3.29. The average Bonchev–Trinajstić information content (AvgIpc) is 3.27. The van der Waals surface area contributed by atoms with E-state index in [1.807, 2.05) is 29.2 Å². The highest BCUT2D eigenvalue weighted by Crippen LogP contribution is 2.33. The molecule has 2 heterocycles. The molecule has 2 aliphatic rings. The molecule has 0 bridgehead atoms. The number of benzene rings is 2. The van der Waals surface area contributed by atoms with Gasteiger partial charge >= 0.3 is 0 Å². The van der Waals surface area contributed by atoms with Crippen molar-refractivity contribution < 1.29 is 19.2 Å². The molecule has 2 aromatic rings. The SMILES string of the molecule is CN(CC1COc2ccccc2O1)C(=O)c1ccc(N2CCCC2)c([N+](=O)[O-])c1. The van der Waals surface area contributed by atoms with E-state index in [1.54, 1.807) is 19.2 Å². The van der Waals surface area contributed by atoms with Gasteiger partial charge in [-0.3, -0.25) is 14.9 Å². The Morgan fingerprint density at radius 3 is 2.66 bits per heavy atom. The third-order valence-electron chi connectivity index (χ3n) is 5.26.